The standard InChI is InChI=1S/C25H31N3O4/c1-5-28-21(17-27(3)16-18-11-8-7-9-12-18)22(24(29)32-6-2)23(26-25(28)30)19-13-10-14-20(15-19)31-4/h7-15,23H,5-6,16-17H2,1-4H3,(H,26,30). The van der Waals surface area contributed by atoms with Crippen LogP contribution in [0.25, 0.3) is 0 Å². The number of esters is 1. The minimum Gasteiger partial charge on any atom is -0.497 e. The largest absolute Gasteiger partial charge is 0.497 e. The Morgan fingerprint density at radius 2 is 1.84 bits per heavy atom. The van der Waals surface area contributed by atoms with Crippen molar-refractivity contribution >= 4 is 12.0 Å². The number of hydrogen-bond acceptors (Lipinski definition) is 5. The molecule has 1 N–H and O–H groups in total. The van der Waals surface area contributed by atoms with E-state index in [0.717, 1.165) is 11.1 Å². The first-order chi connectivity index (χ1) is 15.5. The van der Waals surface area contributed by atoms with Crippen LogP contribution in [-0.2, 0) is 16.1 Å². The second kappa shape index (κ2) is 10.8. The Morgan fingerprint density at radius 3 is 2.50 bits per heavy atom. The summed E-state index contributed by atoms with van der Waals surface area (Å²) in [5.74, 6) is 0.225. The van der Waals surface area contributed by atoms with Crippen molar-refractivity contribution in [3.05, 3.63) is 77.0 Å². The molecule has 1 atom stereocenters. The third-order valence-electron chi connectivity index (χ3n) is 5.39. The van der Waals surface area contributed by atoms with Crippen molar-refractivity contribution in [3.63, 3.8) is 0 Å². The molecule has 7 heteroatoms. The third kappa shape index (κ3) is 5.29. The maximum atomic E-state index is 13.1. The summed E-state index contributed by atoms with van der Waals surface area (Å²) in [7, 11) is 3.56. The summed E-state index contributed by atoms with van der Waals surface area (Å²) in [4.78, 5) is 29.9. The van der Waals surface area contributed by atoms with Crippen LogP contribution >= 0.6 is 0 Å². The second-order valence-electron chi connectivity index (χ2n) is 7.64. The molecule has 3 rings (SSSR count). The second-order valence-corrected chi connectivity index (χ2v) is 7.64. The number of benzene rings is 2. The molecule has 1 aliphatic heterocycles. The summed E-state index contributed by atoms with van der Waals surface area (Å²) in [6, 6.07) is 16.6. The van der Waals surface area contributed by atoms with Crippen LogP contribution < -0.4 is 10.1 Å². The molecule has 0 bridgehead atoms. The summed E-state index contributed by atoms with van der Waals surface area (Å²) < 4.78 is 10.8. The highest BCUT2D eigenvalue weighted by Gasteiger charge is 2.38. The van der Waals surface area contributed by atoms with E-state index in [1.54, 1.807) is 18.9 Å². The Labute approximate surface area is 189 Å². The van der Waals surface area contributed by atoms with Crippen LogP contribution in [0, 0.1) is 0 Å². The molecule has 2 amide bonds. The number of methoxy groups -OCH3 is 1. The predicted molar refractivity (Wildman–Crippen MR) is 123 cm³/mol. The monoisotopic (exact) mass is 437 g/mol. The molecule has 0 saturated carbocycles. The topological polar surface area (TPSA) is 71.1 Å². The Hall–Kier alpha value is -3.32. The number of ether oxygens (including phenoxy) is 2. The number of hydrogen-bond donors (Lipinski definition) is 1. The van der Waals surface area contributed by atoms with Gasteiger partial charge in [0.05, 0.1) is 25.3 Å². The molecule has 32 heavy (non-hydrogen) atoms. The molecule has 7 nitrogen and oxygen atoms in total. The fraction of sp³-hybridized carbons (Fsp3) is 0.360. The predicted octanol–water partition coefficient (Wildman–Crippen LogP) is 3.73. The van der Waals surface area contributed by atoms with Crippen molar-refractivity contribution in [3.8, 4) is 5.75 Å². The summed E-state index contributed by atoms with van der Waals surface area (Å²) >= 11 is 0. The maximum absolute atomic E-state index is 13.1. The van der Waals surface area contributed by atoms with Crippen molar-refractivity contribution in [2.45, 2.75) is 26.4 Å². The molecule has 0 spiro atoms. The number of rotatable bonds is 9. The fourth-order valence-electron chi connectivity index (χ4n) is 3.94. The van der Waals surface area contributed by atoms with Gasteiger partial charge in [0.2, 0.25) is 0 Å². The van der Waals surface area contributed by atoms with Gasteiger partial charge in [-0.3, -0.25) is 9.80 Å². The van der Waals surface area contributed by atoms with E-state index in [9.17, 15) is 9.59 Å². The number of amides is 2. The van der Waals surface area contributed by atoms with Crippen LogP contribution in [0.5, 0.6) is 5.75 Å². The maximum Gasteiger partial charge on any atom is 0.338 e. The summed E-state index contributed by atoms with van der Waals surface area (Å²) in [5.41, 5.74) is 3.02. The number of urea groups is 1. The van der Waals surface area contributed by atoms with Crippen LogP contribution in [0.4, 0.5) is 4.79 Å². The highest BCUT2D eigenvalue weighted by Crippen LogP contribution is 2.33. The average molecular weight is 438 g/mol. The highest BCUT2D eigenvalue weighted by molar-refractivity contribution is 5.95. The van der Waals surface area contributed by atoms with Gasteiger partial charge in [-0.1, -0.05) is 42.5 Å². The van der Waals surface area contributed by atoms with E-state index >= 15 is 0 Å². The number of nitrogens with zero attached hydrogens (tertiary/aromatic N) is 2. The number of carbonyl (C=O) groups is 2. The number of carbonyl (C=O) groups excluding carboxylic acids is 2. The number of likely N-dealkylation sites (N-methyl/N-ethyl adjacent to an activating group) is 2. The summed E-state index contributed by atoms with van der Waals surface area (Å²) in [6.45, 7) is 5.47. The van der Waals surface area contributed by atoms with Crippen LogP contribution in [0.15, 0.2) is 65.9 Å². The Balaban J connectivity index is 2.05. The molecule has 1 unspecified atom stereocenters. The van der Waals surface area contributed by atoms with Gasteiger partial charge in [0, 0.05) is 25.3 Å². The molecular formula is C25H31N3O4. The lowest BCUT2D eigenvalue weighted by Crippen LogP contribution is -2.50. The van der Waals surface area contributed by atoms with E-state index in [2.05, 4.69) is 22.3 Å². The van der Waals surface area contributed by atoms with Gasteiger partial charge < -0.3 is 14.8 Å². The first-order valence-electron chi connectivity index (χ1n) is 10.8. The third-order valence-corrected chi connectivity index (χ3v) is 5.39. The molecular weight excluding hydrogens is 406 g/mol. The molecule has 170 valence electrons. The molecule has 0 fully saturated rings. The minimum absolute atomic E-state index is 0.239. The molecule has 0 aromatic heterocycles. The van der Waals surface area contributed by atoms with Crippen LogP contribution in [0.2, 0.25) is 0 Å². The quantitative estimate of drug-likeness (QED) is 0.606. The van der Waals surface area contributed by atoms with E-state index < -0.39 is 12.0 Å². The van der Waals surface area contributed by atoms with E-state index in [1.807, 2.05) is 56.4 Å². The highest BCUT2D eigenvalue weighted by atomic mass is 16.5. The number of nitrogens with one attached hydrogen (secondary N) is 1. The van der Waals surface area contributed by atoms with Crippen molar-refractivity contribution < 1.29 is 19.1 Å². The van der Waals surface area contributed by atoms with Crippen molar-refractivity contribution in [2.75, 3.05) is 33.9 Å². The lowest BCUT2D eigenvalue weighted by atomic mass is 9.94. The Bertz CT molecular complexity index is 974. The van der Waals surface area contributed by atoms with Gasteiger partial charge in [0.25, 0.3) is 0 Å². The smallest absolute Gasteiger partial charge is 0.338 e. The van der Waals surface area contributed by atoms with Gasteiger partial charge in [0.15, 0.2) is 0 Å². The Kier molecular flexibility index (Phi) is 7.89. The summed E-state index contributed by atoms with van der Waals surface area (Å²) in [6.07, 6.45) is 0. The van der Waals surface area contributed by atoms with E-state index in [1.165, 1.54) is 0 Å². The van der Waals surface area contributed by atoms with E-state index in [-0.39, 0.29) is 12.6 Å². The first-order valence-corrected chi connectivity index (χ1v) is 10.8. The SMILES string of the molecule is CCOC(=O)C1=C(CN(C)Cc2ccccc2)N(CC)C(=O)NC1c1cccc(OC)c1. The lowest BCUT2D eigenvalue weighted by molar-refractivity contribution is -0.139. The molecule has 2 aromatic carbocycles. The van der Waals surface area contributed by atoms with Crippen LogP contribution in [-0.4, -0.2) is 55.7 Å². The van der Waals surface area contributed by atoms with Gasteiger partial charge in [0.1, 0.15) is 5.75 Å². The Morgan fingerprint density at radius 1 is 1.09 bits per heavy atom. The zero-order valence-corrected chi connectivity index (χ0v) is 19.1. The van der Waals surface area contributed by atoms with E-state index in [0.29, 0.717) is 36.7 Å². The van der Waals surface area contributed by atoms with Crippen molar-refractivity contribution in [1.82, 2.24) is 15.1 Å². The zero-order valence-electron chi connectivity index (χ0n) is 19.1. The van der Waals surface area contributed by atoms with Crippen LogP contribution in [0.1, 0.15) is 31.0 Å². The molecule has 1 heterocycles. The van der Waals surface area contributed by atoms with Crippen molar-refractivity contribution in [1.29, 1.82) is 0 Å². The average Bonchev–Trinajstić information content (AvgIpc) is 2.79. The minimum atomic E-state index is -0.625. The van der Waals surface area contributed by atoms with Gasteiger partial charge in [-0.05, 0) is 44.2 Å². The first kappa shape index (κ1) is 23.3. The van der Waals surface area contributed by atoms with Crippen LogP contribution in [0.3, 0.4) is 0 Å². The molecule has 0 saturated heterocycles. The van der Waals surface area contributed by atoms with Crippen molar-refractivity contribution in [2.24, 2.45) is 0 Å². The summed E-state index contributed by atoms with van der Waals surface area (Å²) in [5, 5.41) is 2.98. The van der Waals surface area contributed by atoms with Gasteiger partial charge in [-0.25, -0.2) is 9.59 Å². The fourth-order valence-corrected chi connectivity index (χ4v) is 3.94. The lowest BCUT2D eigenvalue weighted by Gasteiger charge is -2.37. The molecule has 1 aliphatic rings. The normalized spacial score (nSPS) is 16.2. The van der Waals surface area contributed by atoms with Gasteiger partial charge in [-0.15, -0.1) is 0 Å². The van der Waals surface area contributed by atoms with Gasteiger partial charge in [-0.2, -0.15) is 0 Å². The molecule has 0 radical (unpaired) electrons. The molecule has 0 aliphatic carbocycles. The van der Waals surface area contributed by atoms with Gasteiger partial charge >= 0.3 is 12.0 Å². The molecule has 2 aromatic rings. The zero-order chi connectivity index (χ0) is 23.1. The van der Waals surface area contributed by atoms with E-state index in [4.69, 9.17) is 9.47 Å².